The van der Waals surface area contributed by atoms with Gasteiger partial charge in [-0.05, 0) is 41.8 Å². The molecule has 3 rings (SSSR count). The lowest BCUT2D eigenvalue weighted by Crippen LogP contribution is -2.18. The third-order valence-electron chi connectivity index (χ3n) is 3.92. The Morgan fingerprint density at radius 3 is 2.72 bits per heavy atom. The van der Waals surface area contributed by atoms with Gasteiger partial charge in [-0.15, -0.1) is 0 Å². The molecule has 0 saturated heterocycles. The molecule has 0 aliphatic carbocycles. The van der Waals surface area contributed by atoms with Crippen molar-refractivity contribution < 1.29 is 9.21 Å². The zero-order valence-electron chi connectivity index (χ0n) is 14.2. The second-order valence-corrected chi connectivity index (χ2v) is 6.17. The van der Waals surface area contributed by atoms with Gasteiger partial charge >= 0.3 is 0 Å². The molecule has 25 heavy (non-hydrogen) atoms. The molecular weight excluding hydrogens is 316 g/mol. The number of aromatic nitrogens is 1. The van der Waals surface area contributed by atoms with Gasteiger partial charge in [0.2, 0.25) is 0 Å². The maximum absolute atomic E-state index is 12.4. The number of hydrogen-bond acceptors (Lipinski definition) is 3. The predicted octanol–water partition coefficient (Wildman–Crippen LogP) is 3.87. The van der Waals surface area contributed by atoms with Gasteiger partial charge in [0.15, 0.2) is 5.76 Å². The van der Waals surface area contributed by atoms with Gasteiger partial charge in [-0.1, -0.05) is 32.0 Å². The summed E-state index contributed by atoms with van der Waals surface area (Å²) in [7, 11) is 0. The Balaban J connectivity index is 1.72. The van der Waals surface area contributed by atoms with E-state index in [1.54, 1.807) is 30.5 Å². The minimum Gasteiger partial charge on any atom is -0.454 e. The number of nitrogens with zero attached hydrogens (tertiary/aromatic N) is 1. The Bertz CT molecular complexity index is 938. The molecule has 128 valence electrons. The highest BCUT2D eigenvalue weighted by Crippen LogP contribution is 2.19. The highest BCUT2D eigenvalue weighted by molar-refractivity contribution is 6.02. The second-order valence-electron chi connectivity index (χ2n) is 6.17. The van der Waals surface area contributed by atoms with Crippen LogP contribution in [0.4, 0.5) is 5.69 Å². The highest BCUT2D eigenvalue weighted by Gasteiger charge is 2.12. The average Bonchev–Trinajstić information content (AvgIpc) is 3.06. The van der Waals surface area contributed by atoms with Gasteiger partial charge in [-0.25, -0.2) is 0 Å². The molecule has 0 unspecified atom stereocenters. The lowest BCUT2D eigenvalue weighted by atomic mass is 10.0. The summed E-state index contributed by atoms with van der Waals surface area (Å²) in [5.74, 6) is 0.840. The van der Waals surface area contributed by atoms with E-state index in [2.05, 4.69) is 19.2 Å². The minimum absolute atomic E-state index is 0.115. The van der Waals surface area contributed by atoms with Crippen LogP contribution >= 0.6 is 0 Å². The molecule has 1 amide bonds. The van der Waals surface area contributed by atoms with Gasteiger partial charge in [0.1, 0.15) is 5.76 Å². The van der Waals surface area contributed by atoms with Gasteiger partial charge in [0.05, 0.1) is 6.54 Å². The number of hydrogen-bond donors (Lipinski definition) is 1. The molecular formula is C20H20N2O3. The summed E-state index contributed by atoms with van der Waals surface area (Å²) < 4.78 is 7.10. The van der Waals surface area contributed by atoms with E-state index in [9.17, 15) is 9.59 Å². The summed E-state index contributed by atoms with van der Waals surface area (Å²) in [5, 5.41) is 2.84. The molecule has 0 aliphatic rings. The van der Waals surface area contributed by atoms with Crippen molar-refractivity contribution in [3.8, 4) is 0 Å². The first kappa shape index (κ1) is 16.8. The fraction of sp³-hybridized carbons (Fsp3) is 0.200. The van der Waals surface area contributed by atoms with Gasteiger partial charge in [0, 0.05) is 18.0 Å². The van der Waals surface area contributed by atoms with Crippen molar-refractivity contribution in [2.45, 2.75) is 26.3 Å². The SMILES string of the molecule is CC(C)c1cccc(NC(=O)c2ccc(Cn3ccccc3=O)o2)c1. The van der Waals surface area contributed by atoms with Crippen molar-refractivity contribution in [3.05, 3.63) is 88.2 Å². The molecule has 2 heterocycles. The standard InChI is InChI=1S/C20H20N2O3/c1-14(2)15-6-5-7-16(12-15)21-20(24)18-10-9-17(25-18)13-22-11-4-3-8-19(22)23/h3-12,14H,13H2,1-2H3,(H,21,24). The lowest BCUT2D eigenvalue weighted by molar-refractivity contribution is 0.0994. The number of anilines is 1. The average molecular weight is 336 g/mol. The molecule has 0 atom stereocenters. The van der Waals surface area contributed by atoms with Crippen LogP contribution in [0.3, 0.4) is 0 Å². The molecule has 5 nitrogen and oxygen atoms in total. The van der Waals surface area contributed by atoms with Crippen LogP contribution in [0.25, 0.3) is 0 Å². The van der Waals surface area contributed by atoms with Crippen molar-refractivity contribution in [3.63, 3.8) is 0 Å². The Morgan fingerprint density at radius 1 is 1.12 bits per heavy atom. The van der Waals surface area contributed by atoms with E-state index in [4.69, 9.17) is 4.42 Å². The number of furan rings is 1. The number of pyridine rings is 1. The van der Waals surface area contributed by atoms with Crippen molar-refractivity contribution in [1.82, 2.24) is 4.57 Å². The first-order chi connectivity index (χ1) is 12.0. The number of carbonyl (C=O) groups is 1. The quantitative estimate of drug-likeness (QED) is 0.769. The van der Waals surface area contributed by atoms with Crippen molar-refractivity contribution in [2.24, 2.45) is 0 Å². The Kier molecular flexibility index (Phi) is 4.84. The van der Waals surface area contributed by atoms with E-state index in [-0.39, 0.29) is 23.8 Å². The predicted molar refractivity (Wildman–Crippen MR) is 97.0 cm³/mol. The zero-order chi connectivity index (χ0) is 17.8. The van der Waals surface area contributed by atoms with Gasteiger partial charge in [0.25, 0.3) is 11.5 Å². The van der Waals surface area contributed by atoms with Crippen LogP contribution in [-0.2, 0) is 6.54 Å². The van der Waals surface area contributed by atoms with E-state index in [0.29, 0.717) is 11.7 Å². The van der Waals surface area contributed by atoms with Crippen molar-refractivity contribution in [2.75, 3.05) is 5.32 Å². The maximum Gasteiger partial charge on any atom is 0.291 e. The van der Waals surface area contributed by atoms with E-state index in [1.165, 1.54) is 10.6 Å². The molecule has 0 saturated carbocycles. The summed E-state index contributed by atoms with van der Waals surface area (Å²) in [4.78, 5) is 24.1. The number of carbonyl (C=O) groups excluding carboxylic acids is 1. The first-order valence-corrected chi connectivity index (χ1v) is 8.18. The highest BCUT2D eigenvalue weighted by atomic mass is 16.4. The topological polar surface area (TPSA) is 64.2 Å². The zero-order valence-corrected chi connectivity index (χ0v) is 14.2. The Hall–Kier alpha value is -3.08. The summed E-state index contributed by atoms with van der Waals surface area (Å²) in [6.45, 7) is 4.49. The molecule has 0 fully saturated rings. The van der Waals surface area contributed by atoms with Gasteiger partial charge < -0.3 is 14.3 Å². The van der Waals surface area contributed by atoms with E-state index < -0.39 is 0 Å². The number of nitrogens with one attached hydrogen (secondary N) is 1. The monoisotopic (exact) mass is 336 g/mol. The molecule has 3 aromatic rings. The van der Waals surface area contributed by atoms with Crippen LogP contribution in [0.15, 0.2) is 70.0 Å². The molecule has 1 aromatic carbocycles. The van der Waals surface area contributed by atoms with E-state index in [0.717, 1.165) is 11.3 Å². The fourth-order valence-corrected chi connectivity index (χ4v) is 2.51. The maximum atomic E-state index is 12.4. The van der Waals surface area contributed by atoms with Crippen LogP contribution in [0.5, 0.6) is 0 Å². The smallest absolute Gasteiger partial charge is 0.291 e. The molecule has 1 N–H and O–H groups in total. The largest absolute Gasteiger partial charge is 0.454 e. The summed E-state index contributed by atoms with van der Waals surface area (Å²) >= 11 is 0. The van der Waals surface area contributed by atoms with Crippen molar-refractivity contribution in [1.29, 1.82) is 0 Å². The molecule has 0 aliphatic heterocycles. The van der Waals surface area contributed by atoms with Crippen LogP contribution in [0.2, 0.25) is 0 Å². The third-order valence-corrected chi connectivity index (χ3v) is 3.92. The molecule has 2 aromatic heterocycles. The molecule has 0 radical (unpaired) electrons. The minimum atomic E-state index is -0.312. The summed E-state index contributed by atoms with van der Waals surface area (Å²) in [5.41, 5.74) is 1.77. The number of benzene rings is 1. The van der Waals surface area contributed by atoms with E-state index in [1.807, 2.05) is 24.3 Å². The molecule has 0 spiro atoms. The van der Waals surface area contributed by atoms with Crippen LogP contribution in [0, 0.1) is 0 Å². The number of amides is 1. The summed E-state index contributed by atoms with van der Waals surface area (Å²) in [6.07, 6.45) is 1.68. The first-order valence-electron chi connectivity index (χ1n) is 8.18. The Labute approximate surface area is 145 Å². The van der Waals surface area contributed by atoms with Gasteiger partial charge in [-0.3, -0.25) is 9.59 Å². The summed E-state index contributed by atoms with van der Waals surface area (Å²) in [6, 6.07) is 16.0. The van der Waals surface area contributed by atoms with Crippen LogP contribution in [0.1, 0.15) is 41.6 Å². The van der Waals surface area contributed by atoms with E-state index >= 15 is 0 Å². The Morgan fingerprint density at radius 2 is 1.96 bits per heavy atom. The molecule has 5 heteroatoms. The third kappa shape index (κ3) is 4.07. The lowest BCUT2D eigenvalue weighted by Gasteiger charge is -2.08. The number of rotatable bonds is 5. The van der Waals surface area contributed by atoms with Crippen LogP contribution < -0.4 is 10.9 Å². The fourth-order valence-electron chi connectivity index (χ4n) is 2.51. The van der Waals surface area contributed by atoms with Gasteiger partial charge in [-0.2, -0.15) is 0 Å². The molecule has 0 bridgehead atoms. The van der Waals surface area contributed by atoms with Crippen LogP contribution in [-0.4, -0.2) is 10.5 Å². The normalized spacial score (nSPS) is 10.8. The van der Waals surface area contributed by atoms with Crippen molar-refractivity contribution >= 4 is 11.6 Å². The second kappa shape index (κ2) is 7.21.